The van der Waals surface area contributed by atoms with Crippen molar-refractivity contribution in [2.45, 2.75) is 19.4 Å². The molecule has 0 unspecified atom stereocenters. The number of amides is 1. The van der Waals surface area contributed by atoms with Crippen molar-refractivity contribution in [2.75, 3.05) is 19.7 Å². The zero-order chi connectivity index (χ0) is 17.2. The minimum atomic E-state index is -0.227. The number of aromatic nitrogens is 2. The van der Waals surface area contributed by atoms with Crippen molar-refractivity contribution < 1.29 is 13.9 Å². The number of ether oxygens (including phenoxy) is 1. The second-order valence-electron chi connectivity index (χ2n) is 6.27. The minimum absolute atomic E-state index is 0.0699. The molecule has 1 aromatic carbocycles. The van der Waals surface area contributed by atoms with Gasteiger partial charge in [0.05, 0.1) is 37.7 Å². The molecule has 1 saturated heterocycles. The molecule has 0 saturated carbocycles. The number of fused-ring (bicyclic) bond motifs is 1. The fourth-order valence-corrected chi connectivity index (χ4v) is 3.13. The van der Waals surface area contributed by atoms with Gasteiger partial charge in [-0.05, 0) is 18.6 Å². The average Bonchev–Trinajstić information content (AvgIpc) is 3.04. The van der Waals surface area contributed by atoms with Gasteiger partial charge >= 0.3 is 0 Å². The van der Waals surface area contributed by atoms with Crippen LogP contribution in [0.15, 0.2) is 47.5 Å². The largest absolute Gasteiger partial charge is 0.464 e. The number of furan rings is 1. The van der Waals surface area contributed by atoms with Gasteiger partial charge in [0.2, 0.25) is 5.91 Å². The van der Waals surface area contributed by atoms with Crippen LogP contribution in [-0.2, 0) is 16.0 Å². The number of hydrogen-bond donors (Lipinski definition) is 0. The summed E-state index contributed by atoms with van der Waals surface area (Å²) in [4.78, 5) is 22.9. The van der Waals surface area contributed by atoms with Gasteiger partial charge in [0.25, 0.3) is 0 Å². The molecule has 1 aliphatic heterocycles. The summed E-state index contributed by atoms with van der Waals surface area (Å²) < 4.78 is 11.3. The van der Waals surface area contributed by atoms with Crippen LogP contribution in [0.4, 0.5) is 0 Å². The maximum absolute atomic E-state index is 12.7. The first-order chi connectivity index (χ1) is 12.2. The average molecular weight is 337 g/mol. The van der Waals surface area contributed by atoms with Crippen molar-refractivity contribution in [3.63, 3.8) is 0 Å². The lowest BCUT2D eigenvalue weighted by molar-refractivity contribution is -0.138. The lowest BCUT2D eigenvalue weighted by Gasteiger charge is -2.32. The normalized spacial score (nSPS) is 17.8. The van der Waals surface area contributed by atoms with E-state index in [0.717, 1.165) is 27.8 Å². The Kier molecular flexibility index (Phi) is 4.19. The molecule has 0 aliphatic carbocycles. The van der Waals surface area contributed by atoms with Crippen LogP contribution in [0.25, 0.3) is 11.0 Å². The molecule has 4 rings (SSSR count). The van der Waals surface area contributed by atoms with Crippen molar-refractivity contribution in [1.29, 1.82) is 0 Å². The van der Waals surface area contributed by atoms with Gasteiger partial charge < -0.3 is 14.1 Å². The van der Waals surface area contributed by atoms with Gasteiger partial charge in [-0.25, -0.2) is 0 Å². The van der Waals surface area contributed by atoms with Crippen LogP contribution < -0.4 is 0 Å². The zero-order valence-corrected chi connectivity index (χ0v) is 14.0. The Balaban J connectivity index is 1.48. The van der Waals surface area contributed by atoms with E-state index in [4.69, 9.17) is 9.15 Å². The van der Waals surface area contributed by atoms with Crippen LogP contribution in [0.2, 0.25) is 0 Å². The first-order valence-corrected chi connectivity index (χ1v) is 8.33. The Labute approximate surface area is 145 Å². The number of morpholine rings is 1. The van der Waals surface area contributed by atoms with Crippen LogP contribution in [0.3, 0.4) is 0 Å². The highest BCUT2D eigenvalue weighted by Gasteiger charge is 2.27. The van der Waals surface area contributed by atoms with Gasteiger partial charge in [-0.15, -0.1) is 0 Å². The summed E-state index contributed by atoms with van der Waals surface area (Å²) in [5.74, 6) is 0.0699. The standard InChI is InChI=1S/C19H19N3O3/c1-13-2-3-15-14(12-25-17(15)8-13)9-19(23)22-6-7-24-18(11-22)16-10-20-4-5-21-16/h2-5,8,10,12,18H,6-7,9,11H2,1H3/t18-/m1/s1. The van der Waals surface area contributed by atoms with E-state index in [-0.39, 0.29) is 12.0 Å². The number of carbonyl (C=O) groups excluding carboxylic acids is 1. The summed E-state index contributed by atoms with van der Waals surface area (Å²) >= 11 is 0. The number of nitrogens with zero attached hydrogens (tertiary/aromatic N) is 3. The molecule has 25 heavy (non-hydrogen) atoms. The number of hydrogen-bond acceptors (Lipinski definition) is 5. The molecule has 0 bridgehead atoms. The second kappa shape index (κ2) is 6.64. The van der Waals surface area contributed by atoms with Crippen molar-refractivity contribution in [3.8, 4) is 0 Å². The molecular formula is C19H19N3O3. The van der Waals surface area contributed by atoms with Crippen molar-refractivity contribution in [2.24, 2.45) is 0 Å². The topological polar surface area (TPSA) is 68.5 Å². The third kappa shape index (κ3) is 3.25. The van der Waals surface area contributed by atoms with E-state index in [1.54, 1.807) is 24.9 Å². The summed E-state index contributed by atoms with van der Waals surface area (Å²) in [6.07, 6.45) is 6.73. The van der Waals surface area contributed by atoms with Crippen molar-refractivity contribution in [1.82, 2.24) is 14.9 Å². The monoisotopic (exact) mass is 337 g/mol. The van der Waals surface area contributed by atoms with Gasteiger partial charge in [-0.2, -0.15) is 0 Å². The van der Waals surface area contributed by atoms with Gasteiger partial charge in [-0.1, -0.05) is 12.1 Å². The number of rotatable bonds is 3. The lowest BCUT2D eigenvalue weighted by atomic mass is 10.1. The van der Waals surface area contributed by atoms with Crippen molar-refractivity contribution in [3.05, 3.63) is 59.9 Å². The molecule has 0 spiro atoms. The first kappa shape index (κ1) is 15.8. The predicted molar refractivity (Wildman–Crippen MR) is 92.0 cm³/mol. The third-order valence-corrected chi connectivity index (χ3v) is 4.49. The summed E-state index contributed by atoms with van der Waals surface area (Å²) in [6.45, 7) is 3.60. The van der Waals surface area contributed by atoms with Crippen LogP contribution in [-0.4, -0.2) is 40.5 Å². The highest BCUT2D eigenvalue weighted by atomic mass is 16.5. The van der Waals surface area contributed by atoms with Gasteiger partial charge in [0, 0.05) is 29.9 Å². The van der Waals surface area contributed by atoms with E-state index < -0.39 is 0 Å². The van der Waals surface area contributed by atoms with Crippen LogP contribution in [0.5, 0.6) is 0 Å². The Morgan fingerprint density at radius 2 is 2.28 bits per heavy atom. The zero-order valence-electron chi connectivity index (χ0n) is 14.0. The molecule has 1 fully saturated rings. The van der Waals surface area contributed by atoms with Crippen molar-refractivity contribution >= 4 is 16.9 Å². The molecule has 0 N–H and O–H groups in total. The summed E-state index contributed by atoms with van der Waals surface area (Å²) in [7, 11) is 0. The molecule has 3 heterocycles. The van der Waals surface area contributed by atoms with E-state index in [0.29, 0.717) is 26.1 Å². The van der Waals surface area contributed by atoms with Gasteiger partial charge in [-0.3, -0.25) is 14.8 Å². The van der Waals surface area contributed by atoms with Gasteiger partial charge in [0.15, 0.2) is 0 Å². The Hall–Kier alpha value is -2.73. The van der Waals surface area contributed by atoms with E-state index in [1.165, 1.54) is 0 Å². The molecule has 2 aromatic heterocycles. The molecule has 128 valence electrons. The summed E-state index contributed by atoms with van der Waals surface area (Å²) in [5, 5.41) is 0.998. The fourth-order valence-electron chi connectivity index (χ4n) is 3.13. The fraction of sp³-hybridized carbons (Fsp3) is 0.316. The molecule has 1 aliphatic rings. The maximum atomic E-state index is 12.7. The number of aryl methyl sites for hydroxylation is 1. The summed E-state index contributed by atoms with van der Waals surface area (Å²) in [5.41, 5.74) is 3.63. The highest BCUT2D eigenvalue weighted by Crippen LogP contribution is 2.24. The molecule has 6 heteroatoms. The van der Waals surface area contributed by atoms with Crippen LogP contribution in [0.1, 0.15) is 22.9 Å². The Morgan fingerprint density at radius 1 is 1.36 bits per heavy atom. The molecular weight excluding hydrogens is 318 g/mol. The lowest BCUT2D eigenvalue weighted by Crippen LogP contribution is -2.43. The van der Waals surface area contributed by atoms with E-state index in [9.17, 15) is 4.79 Å². The minimum Gasteiger partial charge on any atom is -0.464 e. The summed E-state index contributed by atoms with van der Waals surface area (Å²) in [6, 6.07) is 6.03. The van der Waals surface area contributed by atoms with E-state index in [1.807, 2.05) is 30.0 Å². The SMILES string of the molecule is Cc1ccc2c(CC(=O)N3CCO[C@@H](c4cnccn4)C3)coc2c1. The smallest absolute Gasteiger partial charge is 0.227 e. The number of carbonyl (C=O) groups is 1. The third-order valence-electron chi connectivity index (χ3n) is 4.49. The van der Waals surface area contributed by atoms with E-state index in [2.05, 4.69) is 9.97 Å². The number of benzene rings is 1. The Morgan fingerprint density at radius 3 is 3.12 bits per heavy atom. The molecule has 0 radical (unpaired) electrons. The molecule has 6 nitrogen and oxygen atoms in total. The second-order valence-corrected chi connectivity index (χ2v) is 6.27. The maximum Gasteiger partial charge on any atom is 0.227 e. The molecule has 1 atom stereocenters. The van der Waals surface area contributed by atoms with E-state index >= 15 is 0 Å². The molecule has 1 amide bonds. The van der Waals surface area contributed by atoms with Gasteiger partial charge in [0.1, 0.15) is 11.7 Å². The highest BCUT2D eigenvalue weighted by molar-refractivity contribution is 5.88. The van der Waals surface area contributed by atoms with Crippen LogP contribution >= 0.6 is 0 Å². The Bertz CT molecular complexity index is 891. The molecule has 3 aromatic rings. The van der Waals surface area contributed by atoms with Crippen LogP contribution in [0, 0.1) is 6.92 Å². The quantitative estimate of drug-likeness (QED) is 0.735. The first-order valence-electron chi connectivity index (χ1n) is 8.33. The predicted octanol–water partition coefficient (Wildman–Crippen LogP) is 2.67.